The maximum absolute atomic E-state index is 13.3. The van der Waals surface area contributed by atoms with Gasteiger partial charge in [0, 0.05) is 11.1 Å². The van der Waals surface area contributed by atoms with E-state index in [0.717, 1.165) is 22.3 Å². The van der Waals surface area contributed by atoms with Crippen LogP contribution < -0.4 is 4.74 Å². The summed E-state index contributed by atoms with van der Waals surface area (Å²) >= 11 is 0. The molecule has 0 aromatic heterocycles. The zero-order valence-electron chi connectivity index (χ0n) is 15.4. The summed E-state index contributed by atoms with van der Waals surface area (Å²) in [7, 11) is 0. The van der Waals surface area contributed by atoms with Gasteiger partial charge in [-0.05, 0) is 43.5 Å². The number of carbonyl (C=O) groups is 2. The van der Waals surface area contributed by atoms with Crippen LogP contribution in [0.25, 0.3) is 11.1 Å². The van der Waals surface area contributed by atoms with Gasteiger partial charge < -0.3 is 9.84 Å². The molecule has 4 nitrogen and oxygen atoms in total. The molecular weight excluding hydrogens is 340 g/mol. The van der Waals surface area contributed by atoms with Crippen molar-refractivity contribution in [1.82, 2.24) is 0 Å². The van der Waals surface area contributed by atoms with Gasteiger partial charge in [0.1, 0.15) is 0 Å². The van der Waals surface area contributed by atoms with Crippen LogP contribution in [-0.2, 0) is 0 Å². The predicted molar refractivity (Wildman–Crippen MR) is 105 cm³/mol. The van der Waals surface area contributed by atoms with E-state index in [9.17, 15) is 14.7 Å². The number of hydrogen-bond donors (Lipinski definition) is 1. The summed E-state index contributed by atoms with van der Waals surface area (Å²) in [6.07, 6.45) is -1.45. The van der Waals surface area contributed by atoms with Crippen molar-refractivity contribution in [2.45, 2.75) is 20.8 Å². The van der Waals surface area contributed by atoms with Crippen LogP contribution in [0.5, 0.6) is 5.75 Å². The molecule has 0 bridgehead atoms. The van der Waals surface area contributed by atoms with Crippen LogP contribution in [0, 0.1) is 20.8 Å². The molecule has 136 valence electrons. The Kier molecular flexibility index (Phi) is 5.08. The molecule has 0 amide bonds. The molecule has 0 aliphatic heterocycles. The molecule has 0 saturated heterocycles. The van der Waals surface area contributed by atoms with Gasteiger partial charge in [-0.15, -0.1) is 0 Å². The fourth-order valence-electron chi connectivity index (χ4n) is 3.43. The van der Waals surface area contributed by atoms with Gasteiger partial charge in [-0.3, -0.25) is 4.79 Å². The maximum atomic E-state index is 13.3. The molecule has 3 aromatic rings. The molecule has 0 saturated carbocycles. The number of carbonyl (C=O) groups excluding carboxylic acids is 1. The smallest absolute Gasteiger partial charge is 0.449 e. The van der Waals surface area contributed by atoms with Gasteiger partial charge in [0.05, 0.1) is 5.56 Å². The zero-order chi connectivity index (χ0) is 19.6. The first-order chi connectivity index (χ1) is 12.9. The fourth-order valence-corrected chi connectivity index (χ4v) is 3.43. The number of ketones is 1. The number of aryl methyl sites for hydroxylation is 3. The minimum atomic E-state index is -1.45. The van der Waals surface area contributed by atoms with E-state index in [2.05, 4.69) is 0 Å². The van der Waals surface area contributed by atoms with Crippen molar-refractivity contribution in [2.75, 3.05) is 0 Å². The molecule has 4 heteroatoms. The molecule has 0 heterocycles. The Labute approximate surface area is 158 Å². The lowest BCUT2D eigenvalue weighted by Gasteiger charge is -2.15. The van der Waals surface area contributed by atoms with E-state index in [1.807, 2.05) is 63.2 Å². The summed E-state index contributed by atoms with van der Waals surface area (Å²) in [4.78, 5) is 24.6. The standard InChI is InChI=1S/C23H20O4/c1-14-12-15(2)20(16(3)13-14)21(24)19-11-7-10-18(22(19)27-23(25)26)17-8-5-4-6-9-17/h4-13H,1-3H3,(H,25,26). The minimum absolute atomic E-state index is 0.0561. The highest BCUT2D eigenvalue weighted by Gasteiger charge is 2.23. The predicted octanol–water partition coefficient (Wildman–Crippen LogP) is 5.57. The van der Waals surface area contributed by atoms with Gasteiger partial charge >= 0.3 is 6.16 Å². The normalized spacial score (nSPS) is 10.5. The first-order valence-corrected chi connectivity index (χ1v) is 8.60. The summed E-state index contributed by atoms with van der Waals surface area (Å²) in [6, 6.07) is 18.2. The third kappa shape index (κ3) is 3.75. The van der Waals surface area contributed by atoms with Crippen molar-refractivity contribution in [3.05, 3.63) is 88.5 Å². The zero-order valence-corrected chi connectivity index (χ0v) is 15.4. The van der Waals surface area contributed by atoms with Crippen molar-refractivity contribution in [3.63, 3.8) is 0 Å². The Morgan fingerprint density at radius 1 is 0.852 bits per heavy atom. The van der Waals surface area contributed by atoms with Crippen LogP contribution in [0.4, 0.5) is 4.79 Å². The van der Waals surface area contributed by atoms with Crippen LogP contribution in [0.2, 0.25) is 0 Å². The van der Waals surface area contributed by atoms with Gasteiger partial charge in [0.25, 0.3) is 0 Å². The molecular formula is C23H20O4. The molecule has 0 spiro atoms. The molecule has 27 heavy (non-hydrogen) atoms. The lowest BCUT2D eigenvalue weighted by molar-refractivity contribution is 0.103. The van der Waals surface area contributed by atoms with E-state index in [0.29, 0.717) is 11.1 Å². The average Bonchev–Trinajstić information content (AvgIpc) is 2.61. The van der Waals surface area contributed by atoms with E-state index in [4.69, 9.17) is 4.74 Å². The van der Waals surface area contributed by atoms with Crippen LogP contribution in [0.15, 0.2) is 60.7 Å². The molecule has 3 aromatic carbocycles. The molecule has 0 aliphatic rings. The van der Waals surface area contributed by atoms with Crippen molar-refractivity contribution < 1.29 is 19.4 Å². The average molecular weight is 360 g/mol. The van der Waals surface area contributed by atoms with Crippen molar-refractivity contribution in [2.24, 2.45) is 0 Å². The number of para-hydroxylation sites is 1. The van der Waals surface area contributed by atoms with Crippen LogP contribution in [0.1, 0.15) is 32.6 Å². The lowest BCUT2D eigenvalue weighted by atomic mass is 9.91. The van der Waals surface area contributed by atoms with Crippen LogP contribution in [0.3, 0.4) is 0 Å². The molecule has 0 fully saturated rings. The Bertz CT molecular complexity index is 997. The minimum Gasteiger partial charge on any atom is -0.449 e. The summed E-state index contributed by atoms with van der Waals surface area (Å²) < 4.78 is 5.07. The van der Waals surface area contributed by atoms with Crippen molar-refractivity contribution in [3.8, 4) is 16.9 Å². The van der Waals surface area contributed by atoms with Crippen LogP contribution >= 0.6 is 0 Å². The van der Waals surface area contributed by atoms with E-state index < -0.39 is 6.16 Å². The monoisotopic (exact) mass is 360 g/mol. The van der Waals surface area contributed by atoms with Crippen LogP contribution in [-0.4, -0.2) is 17.0 Å². The number of rotatable bonds is 4. The Balaban J connectivity index is 2.21. The second-order valence-electron chi connectivity index (χ2n) is 6.52. The van der Waals surface area contributed by atoms with E-state index in [1.54, 1.807) is 18.2 Å². The second kappa shape index (κ2) is 7.46. The van der Waals surface area contributed by atoms with Gasteiger partial charge in [-0.2, -0.15) is 0 Å². The van der Waals surface area contributed by atoms with E-state index >= 15 is 0 Å². The van der Waals surface area contributed by atoms with E-state index in [-0.39, 0.29) is 17.1 Å². The first kappa shape index (κ1) is 18.4. The third-order valence-electron chi connectivity index (χ3n) is 4.44. The fraction of sp³-hybridized carbons (Fsp3) is 0.130. The summed E-state index contributed by atoms with van der Waals surface area (Å²) in [5.41, 5.74) is 4.91. The molecule has 0 radical (unpaired) electrons. The molecule has 3 rings (SSSR count). The molecule has 0 atom stereocenters. The van der Waals surface area contributed by atoms with Crippen molar-refractivity contribution >= 4 is 11.9 Å². The summed E-state index contributed by atoms with van der Waals surface area (Å²) in [5.74, 6) is -0.195. The SMILES string of the molecule is Cc1cc(C)c(C(=O)c2cccc(-c3ccccc3)c2OC(=O)O)c(C)c1. The Hall–Kier alpha value is -3.40. The molecule has 1 N–H and O–H groups in total. The summed E-state index contributed by atoms with van der Waals surface area (Å²) in [5, 5.41) is 9.23. The second-order valence-corrected chi connectivity index (χ2v) is 6.52. The first-order valence-electron chi connectivity index (χ1n) is 8.60. The van der Waals surface area contributed by atoms with E-state index in [1.165, 1.54) is 0 Å². The maximum Gasteiger partial charge on any atom is 0.511 e. The lowest BCUT2D eigenvalue weighted by Crippen LogP contribution is -2.12. The highest BCUT2D eigenvalue weighted by molar-refractivity contribution is 6.13. The van der Waals surface area contributed by atoms with Gasteiger partial charge in [0.2, 0.25) is 0 Å². The third-order valence-corrected chi connectivity index (χ3v) is 4.44. The number of carboxylic acid groups (broad SMARTS) is 1. The van der Waals surface area contributed by atoms with Crippen molar-refractivity contribution in [1.29, 1.82) is 0 Å². The number of ether oxygens (including phenoxy) is 1. The topological polar surface area (TPSA) is 63.6 Å². The number of benzene rings is 3. The largest absolute Gasteiger partial charge is 0.511 e. The number of hydrogen-bond acceptors (Lipinski definition) is 3. The molecule has 0 aliphatic carbocycles. The summed E-state index contributed by atoms with van der Waals surface area (Å²) in [6.45, 7) is 5.74. The van der Waals surface area contributed by atoms with Gasteiger partial charge in [-0.1, -0.05) is 60.2 Å². The van der Waals surface area contributed by atoms with Gasteiger partial charge in [-0.25, -0.2) is 4.79 Å². The Morgan fingerprint density at radius 3 is 2.07 bits per heavy atom. The Morgan fingerprint density at radius 2 is 1.48 bits per heavy atom. The highest BCUT2D eigenvalue weighted by Crippen LogP contribution is 2.35. The molecule has 0 unspecified atom stereocenters. The highest BCUT2D eigenvalue weighted by atomic mass is 16.7. The quantitative estimate of drug-likeness (QED) is 0.375. The van der Waals surface area contributed by atoms with Gasteiger partial charge in [0.15, 0.2) is 11.5 Å².